The van der Waals surface area contributed by atoms with Crippen molar-refractivity contribution >= 4 is 11.9 Å². The molecule has 1 unspecified atom stereocenters. The smallest absolute Gasteiger partial charge is 0.408 e. The number of ketones is 1. The highest BCUT2D eigenvalue weighted by molar-refractivity contribution is 6.09. The van der Waals surface area contributed by atoms with Crippen molar-refractivity contribution in [2.24, 2.45) is 0 Å². The maximum atomic E-state index is 12.6. The Bertz CT molecular complexity index is 910. The second-order valence-electron chi connectivity index (χ2n) is 8.19. The molecular weight excluding hydrogens is 422 g/mol. The summed E-state index contributed by atoms with van der Waals surface area (Å²) in [6.45, 7) is 5.62. The van der Waals surface area contributed by atoms with Gasteiger partial charge in [-0.05, 0) is 38.2 Å². The molecule has 1 rings (SSSR count). The van der Waals surface area contributed by atoms with Gasteiger partial charge in [-0.15, -0.1) is 0 Å². The van der Waals surface area contributed by atoms with Crippen LogP contribution in [0.3, 0.4) is 0 Å². The lowest BCUT2D eigenvalue weighted by Gasteiger charge is -2.11. The van der Waals surface area contributed by atoms with Crippen molar-refractivity contribution < 1.29 is 24.2 Å². The fourth-order valence-electron chi connectivity index (χ4n) is 3.28. The van der Waals surface area contributed by atoms with Crippen molar-refractivity contribution in [2.75, 3.05) is 0 Å². The third-order valence-corrected chi connectivity index (χ3v) is 5.32. The van der Waals surface area contributed by atoms with Gasteiger partial charge >= 0.3 is 11.7 Å². The van der Waals surface area contributed by atoms with E-state index in [0.29, 0.717) is 18.4 Å². The molecule has 0 aromatic carbocycles. The summed E-state index contributed by atoms with van der Waals surface area (Å²) in [5.74, 6) is -0.893. The first-order valence-corrected chi connectivity index (χ1v) is 11.7. The van der Waals surface area contributed by atoms with Crippen LogP contribution in [0.1, 0.15) is 101 Å². The second-order valence-corrected chi connectivity index (χ2v) is 8.19. The molecule has 1 heterocycles. The third-order valence-electron chi connectivity index (χ3n) is 5.32. The summed E-state index contributed by atoms with van der Waals surface area (Å²) in [4.78, 5) is 35.4. The number of carbonyl (C=O) groups is 2. The van der Waals surface area contributed by atoms with E-state index in [1.54, 1.807) is 25.2 Å². The Morgan fingerprint density at radius 2 is 1.82 bits per heavy atom. The molecule has 33 heavy (non-hydrogen) atoms. The predicted octanol–water partition coefficient (Wildman–Crippen LogP) is 6.45. The van der Waals surface area contributed by atoms with Crippen molar-refractivity contribution in [3.8, 4) is 5.75 Å². The number of hydrogen-bond donors (Lipinski definition) is 3. The van der Waals surface area contributed by atoms with E-state index in [2.05, 4.69) is 12.2 Å². The van der Waals surface area contributed by atoms with Gasteiger partial charge in [-0.2, -0.15) is 0 Å². The molecule has 7 nitrogen and oxygen atoms in total. The highest BCUT2D eigenvalue weighted by Crippen LogP contribution is 2.25. The lowest BCUT2D eigenvalue weighted by atomic mass is 10.00. The number of hydrogen-bond acceptors (Lipinski definition) is 5. The van der Waals surface area contributed by atoms with E-state index in [0.717, 1.165) is 12.8 Å². The molecule has 1 aromatic rings. The van der Waals surface area contributed by atoms with Gasteiger partial charge in [0.2, 0.25) is 0 Å². The number of Topliss-reactive ketones (excluding diaryl/α,β-unsaturated/α-hetero) is 1. The molecule has 0 aliphatic carbocycles. The molecule has 7 heteroatoms. The minimum Gasteiger partial charge on any atom is -0.507 e. The number of rotatable bonds is 15. The number of carboxylic acid groups (broad SMARTS) is 1. The average Bonchev–Trinajstić information content (AvgIpc) is 2.76. The van der Waals surface area contributed by atoms with Gasteiger partial charge in [0.1, 0.15) is 17.1 Å². The van der Waals surface area contributed by atoms with Gasteiger partial charge < -0.3 is 14.6 Å². The topological polar surface area (TPSA) is 117 Å². The number of aromatic hydroxyl groups is 1. The molecular formula is C26H37NO6. The van der Waals surface area contributed by atoms with Gasteiger partial charge in [-0.3, -0.25) is 10.1 Å². The Kier molecular flexibility index (Phi) is 13.3. The van der Waals surface area contributed by atoms with E-state index in [1.807, 2.05) is 13.0 Å². The Labute approximate surface area is 195 Å². The van der Waals surface area contributed by atoms with Crippen LogP contribution in [-0.2, 0) is 0 Å². The minimum absolute atomic E-state index is 0.205. The van der Waals surface area contributed by atoms with Crippen molar-refractivity contribution in [1.82, 2.24) is 5.32 Å². The van der Waals surface area contributed by atoms with Crippen LogP contribution in [0.15, 0.2) is 51.4 Å². The molecule has 0 aliphatic heterocycles. The van der Waals surface area contributed by atoms with E-state index >= 15 is 0 Å². The van der Waals surface area contributed by atoms with Crippen LogP contribution < -0.4 is 10.9 Å². The minimum atomic E-state index is -1.15. The molecule has 0 aliphatic rings. The lowest BCUT2D eigenvalue weighted by Crippen LogP contribution is -2.16. The van der Waals surface area contributed by atoms with Crippen LogP contribution in [0, 0.1) is 0 Å². The fraction of sp³-hybridized carbons (Fsp3) is 0.500. The van der Waals surface area contributed by atoms with Gasteiger partial charge in [-0.1, -0.05) is 70.3 Å². The Morgan fingerprint density at radius 3 is 2.48 bits per heavy atom. The molecule has 0 radical (unpaired) electrons. The SMILES string of the molecule is CCCCCCCC/C=C/C=C(\C)C(=O)c1c(O)cc(C(C)CC/C=C/NC(=O)O)oc1=O. The predicted molar refractivity (Wildman–Crippen MR) is 130 cm³/mol. The summed E-state index contributed by atoms with van der Waals surface area (Å²) >= 11 is 0. The number of carbonyl (C=O) groups excluding carboxylic acids is 1. The zero-order chi connectivity index (χ0) is 24.6. The van der Waals surface area contributed by atoms with E-state index < -0.39 is 23.3 Å². The van der Waals surface area contributed by atoms with Crippen LogP contribution >= 0.6 is 0 Å². The fourth-order valence-corrected chi connectivity index (χ4v) is 3.28. The first kappa shape index (κ1) is 27.9. The van der Waals surface area contributed by atoms with Gasteiger partial charge in [0.05, 0.1) is 0 Å². The summed E-state index contributed by atoms with van der Waals surface area (Å²) in [7, 11) is 0. The maximum absolute atomic E-state index is 12.6. The molecule has 3 N–H and O–H groups in total. The van der Waals surface area contributed by atoms with Crippen molar-refractivity contribution in [2.45, 2.75) is 84.5 Å². The normalized spacial score (nSPS) is 13.0. The van der Waals surface area contributed by atoms with Crippen molar-refractivity contribution in [3.63, 3.8) is 0 Å². The zero-order valence-corrected chi connectivity index (χ0v) is 19.9. The number of allylic oxidation sites excluding steroid dienone is 5. The van der Waals surface area contributed by atoms with Crippen molar-refractivity contribution in [1.29, 1.82) is 0 Å². The number of unbranched alkanes of at least 4 members (excludes halogenated alkanes) is 6. The molecule has 0 saturated carbocycles. The molecule has 0 fully saturated rings. The summed E-state index contributed by atoms with van der Waals surface area (Å²) in [5, 5.41) is 21.0. The molecule has 0 saturated heterocycles. The molecule has 1 aromatic heterocycles. The maximum Gasteiger partial charge on any atom is 0.408 e. The molecule has 182 valence electrons. The van der Waals surface area contributed by atoms with Gasteiger partial charge in [0.15, 0.2) is 5.78 Å². The lowest BCUT2D eigenvalue weighted by molar-refractivity contribution is 0.102. The average molecular weight is 460 g/mol. The van der Waals surface area contributed by atoms with Gasteiger partial charge in [0, 0.05) is 18.2 Å². The highest BCUT2D eigenvalue weighted by Gasteiger charge is 2.21. The van der Waals surface area contributed by atoms with Crippen LogP contribution in [0.5, 0.6) is 5.75 Å². The summed E-state index contributed by atoms with van der Waals surface area (Å²) in [6.07, 6.45) is 16.7. The van der Waals surface area contributed by atoms with Crippen molar-refractivity contribution in [3.05, 3.63) is 63.9 Å². The molecule has 1 amide bonds. The Hall–Kier alpha value is -3.09. The van der Waals surface area contributed by atoms with Crippen LogP contribution in [-0.4, -0.2) is 22.1 Å². The Morgan fingerprint density at radius 1 is 1.12 bits per heavy atom. The van der Waals surface area contributed by atoms with E-state index in [9.17, 15) is 19.5 Å². The summed E-state index contributed by atoms with van der Waals surface area (Å²) in [5.41, 5.74) is -0.892. The first-order valence-electron chi connectivity index (χ1n) is 11.7. The monoisotopic (exact) mass is 459 g/mol. The number of nitrogens with one attached hydrogen (secondary N) is 1. The quantitative estimate of drug-likeness (QED) is 0.120. The highest BCUT2D eigenvalue weighted by atomic mass is 16.4. The molecule has 0 spiro atoms. The van der Waals surface area contributed by atoms with E-state index in [4.69, 9.17) is 9.52 Å². The number of amides is 1. The van der Waals surface area contributed by atoms with Crippen LogP contribution in [0.25, 0.3) is 0 Å². The Balaban J connectivity index is 2.67. The third kappa shape index (κ3) is 10.9. The van der Waals surface area contributed by atoms with Gasteiger partial charge in [0.25, 0.3) is 0 Å². The largest absolute Gasteiger partial charge is 0.507 e. The van der Waals surface area contributed by atoms with E-state index in [-0.39, 0.29) is 17.2 Å². The first-order chi connectivity index (χ1) is 15.8. The summed E-state index contributed by atoms with van der Waals surface area (Å²) in [6, 6.07) is 1.31. The standard InChI is InChI=1S/C26H37NO6/c1-4-5-6-7-8-9-10-11-12-16-20(3)24(29)23-21(28)18-22(33-25(23)30)19(2)15-13-14-17-27-26(31)32/h11-12,14,16-19,27-28H,4-10,13,15H2,1-3H3,(H,31,32)/b12-11+,17-14+,20-16+. The van der Waals surface area contributed by atoms with E-state index in [1.165, 1.54) is 44.4 Å². The zero-order valence-electron chi connectivity index (χ0n) is 19.9. The molecule has 0 bridgehead atoms. The second kappa shape index (κ2) is 15.7. The van der Waals surface area contributed by atoms with Crippen LogP contribution in [0.2, 0.25) is 0 Å². The summed E-state index contributed by atoms with van der Waals surface area (Å²) < 4.78 is 5.30. The van der Waals surface area contributed by atoms with Gasteiger partial charge in [-0.25, -0.2) is 9.59 Å². The van der Waals surface area contributed by atoms with Crippen LogP contribution in [0.4, 0.5) is 4.79 Å². The molecule has 1 atom stereocenters.